The normalized spacial score (nSPS) is 14.7. The third kappa shape index (κ3) is 7.34. The molecule has 0 saturated carbocycles. The fourth-order valence-electron chi connectivity index (χ4n) is 1.79. The van der Waals surface area contributed by atoms with Gasteiger partial charge in [-0.15, -0.1) is 0 Å². The molecule has 1 atom stereocenters. The van der Waals surface area contributed by atoms with Gasteiger partial charge in [0.1, 0.15) is 5.54 Å². The van der Waals surface area contributed by atoms with Gasteiger partial charge in [0.15, 0.2) is 0 Å². The summed E-state index contributed by atoms with van der Waals surface area (Å²) in [6, 6.07) is 0. The van der Waals surface area contributed by atoms with Crippen LogP contribution < -0.4 is 5.73 Å². The number of ether oxygens (including phenoxy) is 1. The average Bonchev–Trinajstić information content (AvgIpc) is 2.28. The SMILES string of the molecule is CCCCCN(C)CCCC(C)(N)C(=O)OC. The Morgan fingerprint density at radius 3 is 2.41 bits per heavy atom. The quantitative estimate of drug-likeness (QED) is 0.496. The van der Waals surface area contributed by atoms with Crippen LogP contribution in [0.5, 0.6) is 0 Å². The maximum absolute atomic E-state index is 11.4. The van der Waals surface area contributed by atoms with Crippen LogP contribution in [-0.2, 0) is 9.53 Å². The molecule has 0 aliphatic rings. The van der Waals surface area contributed by atoms with Gasteiger partial charge in [-0.3, -0.25) is 4.79 Å². The highest BCUT2D eigenvalue weighted by Gasteiger charge is 2.28. The van der Waals surface area contributed by atoms with Crippen molar-refractivity contribution in [1.82, 2.24) is 4.90 Å². The number of carbonyl (C=O) groups excluding carboxylic acids is 1. The zero-order valence-corrected chi connectivity index (χ0v) is 11.8. The summed E-state index contributed by atoms with van der Waals surface area (Å²) >= 11 is 0. The monoisotopic (exact) mass is 244 g/mol. The minimum absolute atomic E-state index is 0.328. The van der Waals surface area contributed by atoms with Gasteiger partial charge in [0.05, 0.1) is 7.11 Å². The smallest absolute Gasteiger partial charge is 0.325 e. The third-order valence-electron chi connectivity index (χ3n) is 3.03. The highest BCUT2D eigenvalue weighted by atomic mass is 16.5. The third-order valence-corrected chi connectivity index (χ3v) is 3.03. The number of nitrogens with two attached hydrogens (primary N) is 1. The second kappa shape index (κ2) is 8.48. The molecular weight excluding hydrogens is 216 g/mol. The first kappa shape index (κ1) is 16.4. The number of esters is 1. The summed E-state index contributed by atoms with van der Waals surface area (Å²) < 4.78 is 4.67. The lowest BCUT2D eigenvalue weighted by molar-refractivity contribution is -0.146. The zero-order valence-electron chi connectivity index (χ0n) is 11.8. The lowest BCUT2D eigenvalue weighted by Gasteiger charge is -2.23. The molecule has 0 heterocycles. The largest absolute Gasteiger partial charge is 0.468 e. The maximum Gasteiger partial charge on any atom is 0.325 e. The van der Waals surface area contributed by atoms with E-state index in [4.69, 9.17) is 5.73 Å². The minimum atomic E-state index is -0.848. The van der Waals surface area contributed by atoms with Crippen molar-refractivity contribution in [3.8, 4) is 0 Å². The summed E-state index contributed by atoms with van der Waals surface area (Å²) in [5.74, 6) is -0.328. The van der Waals surface area contributed by atoms with Crippen LogP contribution in [-0.4, -0.2) is 43.7 Å². The summed E-state index contributed by atoms with van der Waals surface area (Å²) in [6.45, 7) is 6.03. The molecule has 0 aromatic carbocycles. The number of carbonyl (C=O) groups is 1. The van der Waals surface area contributed by atoms with Gasteiger partial charge < -0.3 is 15.4 Å². The molecule has 102 valence electrons. The van der Waals surface area contributed by atoms with E-state index >= 15 is 0 Å². The van der Waals surface area contributed by atoms with Crippen molar-refractivity contribution in [2.75, 3.05) is 27.2 Å². The van der Waals surface area contributed by atoms with Gasteiger partial charge in [-0.1, -0.05) is 19.8 Å². The molecule has 4 heteroatoms. The Morgan fingerprint density at radius 2 is 1.88 bits per heavy atom. The van der Waals surface area contributed by atoms with Crippen LogP contribution in [0, 0.1) is 0 Å². The summed E-state index contributed by atoms with van der Waals surface area (Å²) in [5, 5.41) is 0. The van der Waals surface area contributed by atoms with Crippen molar-refractivity contribution in [3.63, 3.8) is 0 Å². The Balaban J connectivity index is 3.71. The van der Waals surface area contributed by atoms with Crippen molar-refractivity contribution in [2.45, 2.75) is 51.5 Å². The lowest BCUT2D eigenvalue weighted by atomic mass is 9.97. The molecule has 0 saturated heterocycles. The summed E-state index contributed by atoms with van der Waals surface area (Å²) in [4.78, 5) is 13.7. The number of hydrogen-bond donors (Lipinski definition) is 1. The molecule has 4 nitrogen and oxygen atoms in total. The molecule has 0 bridgehead atoms. The molecule has 0 fully saturated rings. The maximum atomic E-state index is 11.4. The Labute approximate surface area is 105 Å². The van der Waals surface area contributed by atoms with Crippen LogP contribution in [0.2, 0.25) is 0 Å². The molecule has 1 unspecified atom stereocenters. The molecule has 0 aliphatic carbocycles. The fourth-order valence-corrected chi connectivity index (χ4v) is 1.79. The van der Waals surface area contributed by atoms with Crippen molar-refractivity contribution >= 4 is 5.97 Å². The molecular formula is C13H28N2O2. The van der Waals surface area contributed by atoms with Crippen LogP contribution >= 0.6 is 0 Å². The number of unbranched alkanes of at least 4 members (excludes halogenated alkanes) is 2. The average molecular weight is 244 g/mol. The molecule has 0 rings (SSSR count). The van der Waals surface area contributed by atoms with Gasteiger partial charge in [0, 0.05) is 0 Å². The Hall–Kier alpha value is -0.610. The van der Waals surface area contributed by atoms with E-state index in [1.54, 1.807) is 6.92 Å². The highest BCUT2D eigenvalue weighted by molar-refractivity contribution is 5.79. The molecule has 0 radical (unpaired) electrons. The highest BCUT2D eigenvalue weighted by Crippen LogP contribution is 2.11. The van der Waals surface area contributed by atoms with Crippen LogP contribution in [0.25, 0.3) is 0 Å². The van der Waals surface area contributed by atoms with Gasteiger partial charge in [-0.25, -0.2) is 0 Å². The molecule has 2 N–H and O–H groups in total. The van der Waals surface area contributed by atoms with Crippen molar-refractivity contribution < 1.29 is 9.53 Å². The van der Waals surface area contributed by atoms with Gasteiger partial charge in [0.2, 0.25) is 0 Å². The molecule has 0 amide bonds. The van der Waals surface area contributed by atoms with E-state index < -0.39 is 5.54 Å². The van der Waals surface area contributed by atoms with Gasteiger partial charge >= 0.3 is 5.97 Å². The van der Waals surface area contributed by atoms with E-state index in [2.05, 4.69) is 23.6 Å². The van der Waals surface area contributed by atoms with Crippen molar-refractivity contribution in [2.24, 2.45) is 5.73 Å². The van der Waals surface area contributed by atoms with E-state index in [1.165, 1.54) is 26.4 Å². The molecule has 0 aromatic heterocycles. The Morgan fingerprint density at radius 1 is 1.29 bits per heavy atom. The van der Waals surface area contributed by atoms with Crippen LogP contribution in [0.4, 0.5) is 0 Å². The number of nitrogens with zero attached hydrogens (tertiary/aromatic N) is 1. The fraction of sp³-hybridized carbons (Fsp3) is 0.923. The summed E-state index contributed by atoms with van der Waals surface area (Å²) in [7, 11) is 3.49. The second-order valence-corrected chi connectivity index (χ2v) is 5.02. The van der Waals surface area contributed by atoms with Gasteiger partial charge in [0.25, 0.3) is 0 Å². The minimum Gasteiger partial charge on any atom is -0.468 e. The van der Waals surface area contributed by atoms with E-state index in [0.717, 1.165) is 19.5 Å². The van der Waals surface area contributed by atoms with E-state index in [0.29, 0.717) is 6.42 Å². The predicted octanol–water partition coefficient (Wildman–Crippen LogP) is 1.78. The number of methoxy groups -OCH3 is 1. The zero-order chi connectivity index (χ0) is 13.3. The Bertz CT molecular complexity index is 217. The topological polar surface area (TPSA) is 55.6 Å². The molecule has 0 aromatic rings. The van der Waals surface area contributed by atoms with Crippen molar-refractivity contribution in [3.05, 3.63) is 0 Å². The van der Waals surface area contributed by atoms with E-state index in [1.807, 2.05) is 0 Å². The molecule has 0 spiro atoms. The standard InChI is InChI=1S/C13H28N2O2/c1-5-6-7-10-15(3)11-8-9-13(2,14)12(16)17-4/h5-11,14H2,1-4H3. The molecule has 0 aliphatic heterocycles. The van der Waals surface area contributed by atoms with E-state index in [9.17, 15) is 4.79 Å². The first-order chi connectivity index (χ1) is 7.94. The lowest BCUT2D eigenvalue weighted by Crippen LogP contribution is -2.46. The Kier molecular flexibility index (Phi) is 8.17. The number of hydrogen-bond acceptors (Lipinski definition) is 4. The number of rotatable bonds is 9. The van der Waals surface area contributed by atoms with Crippen LogP contribution in [0.1, 0.15) is 46.0 Å². The van der Waals surface area contributed by atoms with Gasteiger partial charge in [-0.05, 0) is 46.3 Å². The summed E-state index contributed by atoms with van der Waals surface area (Å²) in [6.07, 6.45) is 5.35. The summed E-state index contributed by atoms with van der Waals surface area (Å²) in [5.41, 5.74) is 5.04. The van der Waals surface area contributed by atoms with Crippen LogP contribution in [0.15, 0.2) is 0 Å². The molecule has 17 heavy (non-hydrogen) atoms. The van der Waals surface area contributed by atoms with Crippen molar-refractivity contribution in [1.29, 1.82) is 0 Å². The second-order valence-electron chi connectivity index (χ2n) is 5.02. The first-order valence-electron chi connectivity index (χ1n) is 6.50. The van der Waals surface area contributed by atoms with Gasteiger partial charge in [-0.2, -0.15) is 0 Å². The first-order valence-corrected chi connectivity index (χ1v) is 6.50. The predicted molar refractivity (Wildman–Crippen MR) is 70.9 cm³/mol. The van der Waals surface area contributed by atoms with Crippen LogP contribution in [0.3, 0.4) is 0 Å². The van der Waals surface area contributed by atoms with E-state index in [-0.39, 0.29) is 5.97 Å².